The van der Waals surface area contributed by atoms with Gasteiger partial charge in [-0.1, -0.05) is 0 Å². The zero-order chi connectivity index (χ0) is 14.4. The van der Waals surface area contributed by atoms with E-state index in [1.54, 1.807) is 0 Å². The summed E-state index contributed by atoms with van der Waals surface area (Å²) >= 11 is 0. The first-order valence-corrected chi connectivity index (χ1v) is 8.03. The second-order valence-corrected chi connectivity index (χ2v) is 5.83. The minimum absolute atomic E-state index is 0.102. The van der Waals surface area contributed by atoms with Gasteiger partial charge in [-0.25, -0.2) is 0 Å². The molecule has 20 heavy (non-hydrogen) atoms. The van der Waals surface area contributed by atoms with Crippen LogP contribution in [0.5, 0.6) is 0 Å². The van der Waals surface area contributed by atoms with Crippen LogP contribution in [0.4, 0.5) is 0 Å². The SMILES string of the molecule is CCOCCN(C)C(=O)C1CCCN1C1CCNCC1. The van der Waals surface area contributed by atoms with Gasteiger partial charge >= 0.3 is 0 Å². The first-order chi connectivity index (χ1) is 9.74. The van der Waals surface area contributed by atoms with Gasteiger partial charge in [-0.2, -0.15) is 0 Å². The highest BCUT2D eigenvalue weighted by Crippen LogP contribution is 2.25. The zero-order valence-electron chi connectivity index (χ0n) is 12.9. The molecule has 0 spiro atoms. The third-order valence-electron chi connectivity index (χ3n) is 4.51. The number of nitrogens with one attached hydrogen (secondary N) is 1. The van der Waals surface area contributed by atoms with Crippen LogP contribution in [0.3, 0.4) is 0 Å². The van der Waals surface area contributed by atoms with Crippen LogP contribution >= 0.6 is 0 Å². The highest BCUT2D eigenvalue weighted by Gasteiger charge is 2.36. The Kier molecular flexibility index (Phi) is 6.26. The lowest BCUT2D eigenvalue weighted by molar-refractivity contribution is -0.136. The molecule has 2 fully saturated rings. The van der Waals surface area contributed by atoms with Crippen molar-refractivity contribution in [2.24, 2.45) is 0 Å². The summed E-state index contributed by atoms with van der Waals surface area (Å²) in [5, 5.41) is 3.40. The Bertz CT molecular complexity index is 305. The quantitative estimate of drug-likeness (QED) is 0.729. The summed E-state index contributed by atoms with van der Waals surface area (Å²) < 4.78 is 5.34. The summed E-state index contributed by atoms with van der Waals surface area (Å²) in [4.78, 5) is 16.9. The molecular formula is C15H29N3O2. The van der Waals surface area contributed by atoms with Crippen LogP contribution < -0.4 is 5.32 Å². The second kappa shape index (κ2) is 7.96. The number of nitrogens with zero attached hydrogens (tertiary/aromatic N) is 2. The molecule has 2 aliphatic heterocycles. The molecule has 2 aliphatic rings. The molecule has 1 unspecified atom stereocenters. The second-order valence-electron chi connectivity index (χ2n) is 5.83. The van der Waals surface area contributed by atoms with Gasteiger partial charge in [-0.15, -0.1) is 0 Å². The molecule has 2 saturated heterocycles. The normalized spacial score (nSPS) is 25.0. The molecule has 116 valence electrons. The van der Waals surface area contributed by atoms with E-state index in [-0.39, 0.29) is 11.9 Å². The average molecular weight is 283 g/mol. The Morgan fingerprint density at radius 3 is 2.80 bits per heavy atom. The van der Waals surface area contributed by atoms with Crippen molar-refractivity contribution in [2.45, 2.75) is 44.7 Å². The van der Waals surface area contributed by atoms with Crippen molar-refractivity contribution in [2.75, 3.05) is 46.4 Å². The Morgan fingerprint density at radius 2 is 2.10 bits per heavy atom. The van der Waals surface area contributed by atoms with Gasteiger partial charge in [-0.3, -0.25) is 9.69 Å². The third kappa shape index (κ3) is 3.93. The van der Waals surface area contributed by atoms with Gasteiger partial charge < -0.3 is 15.0 Å². The smallest absolute Gasteiger partial charge is 0.239 e. The van der Waals surface area contributed by atoms with Gasteiger partial charge in [0.25, 0.3) is 0 Å². The Balaban J connectivity index is 1.86. The Morgan fingerprint density at radius 1 is 1.35 bits per heavy atom. The first kappa shape index (κ1) is 15.7. The molecule has 5 heteroatoms. The molecule has 0 aromatic heterocycles. The van der Waals surface area contributed by atoms with E-state index in [4.69, 9.17) is 4.74 Å². The van der Waals surface area contributed by atoms with E-state index in [1.165, 1.54) is 12.8 Å². The number of ether oxygens (including phenoxy) is 1. The van der Waals surface area contributed by atoms with Crippen molar-refractivity contribution in [3.63, 3.8) is 0 Å². The molecule has 1 N–H and O–H groups in total. The van der Waals surface area contributed by atoms with Crippen molar-refractivity contribution >= 4 is 5.91 Å². The number of rotatable bonds is 6. The number of amides is 1. The van der Waals surface area contributed by atoms with Crippen molar-refractivity contribution in [3.05, 3.63) is 0 Å². The molecule has 0 aromatic carbocycles. The van der Waals surface area contributed by atoms with Crippen molar-refractivity contribution in [3.8, 4) is 0 Å². The summed E-state index contributed by atoms with van der Waals surface area (Å²) in [5.41, 5.74) is 0. The van der Waals surface area contributed by atoms with Gasteiger partial charge in [0, 0.05) is 26.2 Å². The van der Waals surface area contributed by atoms with Crippen LogP contribution in [0.2, 0.25) is 0 Å². The predicted molar refractivity (Wildman–Crippen MR) is 79.7 cm³/mol. The number of carbonyl (C=O) groups excluding carboxylic acids is 1. The maximum atomic E-state index is 12.6. The minimum atomic E-state index is 0.102. The number of likely N-dealkylation sites (tertiary alicyclic amines) is 1. The van der Waals surface area contributed by atoms with Crippen LogP contribution in [0, 0.1) is 0 Å². The van der Waals surface area contributed by atoms with Crippen LogP contribution in [0.15, 0.2) is 0 Å². The number of hydrogen-bond acceptors (Lipinski definition) is 4. The van der Waals surface area contributed by atoms with Crippen LogP contribution in [0.1, 0.15) is 32.6 Å². The fraction of sp³-hybridized carbons (Fsp3) is 0.933. The van der Waals surface area contributed by atoms with E-state index in [2.05, 4.69) is 10.2 Å². The number of likely N-dealkylation sites (N-methyl/N-ethyl adjacent to an activating group) is 1. The van der Waals surface area contributed by atoms with E-state index in [0.29, 0.717) is 25.8 Å². The maximum Gasteiger partial charge on any atom is 0.239 e. The monoisotopic (exact) mass is 283 g/mol. The molecule has 5 nitrogen and oxygen atoms in total. The fourth-order valence-electron chi connectivity index (χ4n) is 3.34. The molecule has 0 saturated carbocycles. The molecule has 0 aromatic rings. The number of piperidine rings is 1. The lowest BCUT2D eigenvalue weighted by Gasteiger charge is -2.36. The topological polar surface area (TPSA) is 44.8 Å². The molecule has 0 bridgehead atoms. The number of carbonyl (C=O) groups is 1. The molecule has 0 aliphatic carbocycles. The molecule has 1 amide bonds. The van der Waals surface area contributed by atoms with Crippen LogP contribution in [-0.4, -0.2) is 74.2 Å². The van der Waals surface area contributed by atoms with Crippen LogP contribution in [-0.2, 0) is 9.53 Å². The van der Waals surface area contributed by atoms with E-state index in [1.807, 2.05) is 18.9 Å². The van der Waals surface area contributed by atoms with Gasteiger partial charge in [0.05, 0.1) is 12.6 Å². The first-order valence-electron chi connectivity index (χ1n) is 8.03. The lowest BCUT2D eigenvalue weighted by Crippen LogP contribution is -2.51. The van der Waals surface area contributed by atoms with E-state index >= 15 is 0 Å². The van der Waals surface area contributed by atoms with E-state index < -0.39 is 0 Å². The largest absolute Gasteiger partial charge is 0.380 e. The fourth-order valence-corrected chi connectivity index (χ4v) is 3.34. The maximum absolute atomic E-state index is 12.6. The molecular weight excluding hydrogens is 254 g/mol. The van der Waals surface area contributed by atoms with Crippen molar-refractivity contribution in [1.29, 1.82) is 0 Å². The van der Waals surface area contributed by atoms with Gasteiger partial charge in [0.2, 0.25) is 5.91 Å². The summed E-state index contributed by atoms with van der Waals surface area (Å²) in [6, 6.07) is 0.692. The average Bonchev–Trinajstić information content (AvgIpc) is 2.97. The van der Waals surface area contributed by atoms with E-state index in [9.17, 15) is 4.79 Å². The zero-order valence-corrected chi connectivity index (χ0v) is 12.9. The Hall–Kier alpha value is -0.650. The highest BCUT2D eigenvalue weighted by molar-refractivity contribution is 5.82. The van der Waals surface area contributed by atoms with Gasteiger partial charge in [-0.05, 0) is 52.2 Å². The lowest BCUT2D eigenvalue weighted by atomic mass is 10.0. The summed E-state index contributed by atoms with van der Waals surface area (Å²) in [6.45, 7) is 7.29. The summed E-state index contributed by atoms with van der Waals surface area (Å²) in [5.74, 6) is 0.278. The van der Waals surface area contributed by atoms with Crippen molar-refractivity contribution in [1.82, 2.24) is 15.1 Å². The molecule has 2 rings (SSSR count). The number of hydrogen-bond donors (Lipinski definition) is 1. The summed E-state index contributed by atoms with van der Waals surface area (Å²) in [7, 11) is 1.90. The Labute approximate surface area is 122 Å². The van der Waals surface area contributed by atoms with Gasteiger partial charge in [0.1, 0.15) is 0 Å². The molecule has 1 atom stereocenters. The van der Waals surface area contributed by atoms with E-state index in [0.717, 1.165) is 32.5 Å². The van der Waals surface area contributed by atoms with Gasteiger partial charge in [0.15, 0.2) is 0 Å². The van der Waals surface area contributed by atoms with Crippen molar-refractivity contribution < 1.29 is 9.53 Å². The standard InChI is InChI=1S/C15H29N3O2/c1-3-20-12-11-17(2)15(19)14-5-4-10-18(14)13-6-8-16-9-7-13/h13-14,16H,3-12H2,1-2H3. The summed E-state index contributed by atoms with van der Waals surface area (Å²) in [6.07, 6.45) is 4.51. The minimum Gasteiger partial charge on any atom is -0.380 e. The highest BCUT2D eigenvalue weighted by atomic mass is 16.5. The molecule has 2 heterocycles. The molecule has 0 radical (unpaired) electrons. The predicted octanol–water partition coefficient (Wildman–Crippen LogP) is 0.698. The third-order valence-corrected chi connectivity index (χ3v) is 4.51. The van der Waals surface area contributed by atoms with Crippen LogP contribution in [0.25, 0.3) is 0 Å².